The number of ether oxygens (including phenoxy) is 2. The van der Waals surface area contributed by atoms with Gasteiger partial charge in [-0.1, -0.05) is 36.2 Å². The van der Waals surface area contributed by atoms with E-state index in [-0.39, 0.29) is 37.3 Å². The number of aliphatic carboxylic acids is 1. The van der Waals surface area contributed by atoms with Crippen LogP contribution in [0.5, 0.6) is 5.75 Å². The van der Waals surface area contributed by atoms with Gasteiger partial charge in [-0.15, -0.1) is 11.8 Å². The Morgan fingerprint density at radius 2 is 1.94 bits per heavy atom. The number of alkyl carbamates (subject to hydrolysis) is 1. The van der Waals surface area contributed by atoms with Gasteiger partial charge in [0.15, 0.2) is 0 Å². The average molecular weight is 685 g/mol. The number of benzene rings is 1. The summed E-state index contributed by atoms with van der Waals surface area (Å²) in [6.45, 7) is 0.110. The van der Waals surface area contributed by atoms with Crippen molar-refractivity contribution < 1.29 is 33.8 Å². The fourth-order valence-electron chi connectivity index (χ4n) is 7.04. The molecule has 2 aliphatic carbocycles. The lowest BCUT2D eigenvalue weighted by Gasteiger charge is -2.27. The average Bonchev–Trinajstić information content (AvgIpc) is 3.32. The Labute approximate surface area is 283 Å². The summed E-state index contributed by atoms with van der Waals surface area (Å²) in [5.41, 5.74) is -0.812. The Balaban J connectivity index is 1.26. The molecule has 3 fully saturated rings. The van der Waals surface area contributed by atoms with E-state index in [2.05, 4.69) is 15.6 Å². The third-order valence-electron chi connectivity index (χ3n) is 9.72. The van der Waals surface area contributed by atoms with E-state index >= 15 is 0 Å². The molecular formula is C34H41ClN4O7S. The lowest BCUT2D eigenvalue weighted by atomic mass is 10.0. The van der Waals surface area contributed by atoms with Crippen molar-refractivity contribution in [1.29, 1.82) is 0 Å². The molecule has 252 valence electrons. The maximum absolute atomic E-state index is 14.0. The van der Waals surface area contributed by atoms with E-state index in [1.807, 2.05) is 36.6 Å². The number of amides is 3. The van der Waals surface area contributed by atoms with Gasteiger partial charge in [-0.05, 0) is 69.8 Å². The number of halogens is 1. The van der Waals surface area contributed by atoms with Gasteiger partial charge in [0, 0.05) is 36.3 Å². The molecule has 2 saturated carbocycles. The fraction of sp³-hybridized carbons (Fsp3) is 0.559. The summed E-state index contributed by atoms with van der Waals surface area (Å²) >= 11 is 7.91. The van der Waals surface area contributed by atoms with Gasteiger partial charge in [0.25, 0.3) is 0 Å². The van der Waals surface area contributed by atoms with E-state index in [1.165, 1.54) is 16.7 Å². The molecule has 0 spiro atoms. The van der Waals surface area contributed by atoms with Gasteiger partial charge in [0.05, 0.1) is 17.1 Å². The molecule has 1 aromatic heterocycles. The summed E-state index contributed by atoms with van der Waals surface area (Å²) in [4.78, 5) is 59.2. The molecule has 13 heteroatoms. The topological polar surface area (TPSA) is 147 Å². The number of nitrogens with one attached hydrogen (secondary N) is 2. The van der Waals surface area contributed by atoms with Crippen LogP contribution in [0.2, 0.25) is 5.02 Å². The van der Waals surface area contributed by atoms with Gasteiger partial charge < -0.3 is 30.1 Å². The number of rotatable bonds is 6. The standard InChI is InChI=1S/C34H41ClN4O7S/c1-47-28-17-27(24-13-8-14-25(35)30(24)37-28)45-23-16-26-31(41)38-34(32(42)43)18-20(34)9-4-2-3-5-10-21(15-29(40)39(26)19-23)36-33(44)46-22-11-6-7-12-22/h4,8-9,13-14,17,20-23,26H,2-3,5-7,10-12,15-16,18-19H2,1H3,(H,36,44)(H,38,41)(H,42,43)/b9-4-/t20-,21-,23+,26-,34+/m0/s1. The highest BCUT2D eigenvalue weighted by Gasteiger charge is 2.61. The predicted molar refractivity (Wildman–Crippen MR) is 178 cm³/mol. The number of para-hydroxylation sites is 1. The molecule has 47 heavy (non-hydrogen) atoms. The van der Waals surface area contributed by atoms with Crippen molar-refractivity contribution in [1.82, 2.24) is 20.5 Å². The first-order chi connectivity index (χ1) is 22.7. The molecule has 0 bridgehead atoms. The summed E-state index contributed by atoms with van der Waals surface area (Å²) in [5.74, 6) is -1.74. The van der Waals surface area contributed by atoms with Crippen LogP contribution in [0, 0.1) is 5.92 Å². The molecule has 4 aliphatic rings. The number of hydrogen-bond acceptors (Lipinski definition) is 8. The van der Waals surface area contributed by atoms with Gasteiger partial charge in [0.1, 0.15) is 34.6 Å². The van der Waals surface area contributed by atoms with E-state index in [0.717, 1.165) is 44.9 Å². The Hall–Kier alpha value is -3.51. The minimum absolute atomic E-state index is 0.0246. The first-order valence-electron chi connectivity index (χ1n) is 16.5. The van der Waals surface area contributed by atoms with Gasteiger partial charge >= 0.3 is 12.1 Å². The Morgan fingerprint density at radius 3 is 2.70 bits per heavy atom. The largest absolute Gasteiger partial charge is 0.488 e. The van der Waals surface area contributed by atoms with Crippen molar-refractivity contribution >= 4 is 58.1 Å². The quantitative estimate of drug-likeness (QED) is 0.266. The van der Waals surface area contributed by atoms with E-state index < -0.39 is 41.7 Å². The van der Waals surface area contributed by atoms with Crippen molar-refractivity contribution in [2.45, 2.75) is 105 Å². The van der Waals surface area contributed by atoms with Gasteiger partial charge in [-0.25, -0.2) is 14.6 Å². The van der Waals surface area contributed by atoms with Crippen LogP contribution in [0.25, 0.3) is 10.9 Å². The minimum atomic E-state index is -1.40. The zero-order valence-corrected chi connectivity index (χ0v) is 28.0. The van der Waals surface area contributed by atoms with Gasteiger partial charge in [-0.3, -0.25) is 9.59 Å². The molecule has 11 nitrogen and oxygen atoms in total. The molecule has 1 saturated heterocycles. The fourth-order valence-corrected chi connectivity index (χ4v) is 7.66. The van der Waals surface area contributed by atoms with Crippen molar-refractivity contribution in [3.05, 3.63) is 41.4 Å². The number of pyridine rings is 1. The van der Waals surface area contributed by atoms with Crippen molar-refractivity contribution in [3.63, 3.8) is 0 Å². The molecule has 0 unspecified atom stereocenters. The normalized spacial score (nSPS) is 29.2. The van der Waals surface area contributed by atoms with E-state index in [1.54, 1.807) is 6.07 Å². The highest BCUT2D eigenvalue weighted by Crippen LogP contribution is 2.45. The van der Waals surface area contributed by atoms with Gasteiger partial charge in [0.2, 0.25) is 11.8 Å². The minimum Gasteiger partial charge on any atom is -0.488 e. The number of nitrogens with zero attached hydrogens (tertiary/aromatic N) is 2. The zero-order chi connectivity index (χ0) is 33.1. The van der Waals surface area contributed by atoms with Crippen LogP contribution in [0.1, 0.15) is 70.6 Å². The maximum Gasteiger partial charge on any atom is 0.407 e. The van der Waals surface area contributed by atoms with E-state index in [9.17, 15) is 24.3 Å². The van der Waals surface area contributed by atoms with Crippen molar-refractivity contribution in [3.8, 4) is 5.75 Å². The number of aromatic nitrogens is 1. The van der Waals surface area contributed by atoms with E-state index in [0.29, 0.717) is 39.5 Å². The van der Waals surface area contributed by atoms with Gasteiger partial charge in [-0.2, -0.15) is 0 Å². The van der Waals surface area contributed by atoms with Crippen LogP contribution in [0.3, 0.4) is 0 Å². The molecule has 3 amide bonds. The third kappa shape index (κ3) is 7.48. The molecule has 3 heterocycles. The Bertz CT molecular complexity index is 1570. The summed E-state index contributed by atoms with van der Waals surface area (Å²) in [5, 5.41) is 17.7. The second-order valence-corrected chi connectivity index (χ2v) is 14.2. The lowest BCUT2D eigenvalue weighted by molar-refractivity contribution is -0.145. The predicted octanol–water partition coefficient (Wildman–Crippen LogP) is 5.48. The van der Waals surface area contributed by atoms with Crippen molar-refractivity contribution in [2.75, 3.05) is 12.8 Å². The summed E-state index contributed by atoms with van der Waals surface area (Å²) in [7, 11) is 0. The number of carbonyl (C=O) groups excluding carboxylic acids is 3. The van der Waals surface area contributed by atoms with E-state index in [4.69, 9.17) is 21.1 Å². The molecule has 6 rings (SSSR count). The summed E-state index contributed by atoms with van der Waals surface area (Å²) in [6.07, 6.45) is 11.5. The Kier molecular flexibility index (Phi) is 10.2. The highest BCUT2D eigenvalue weighted by atomic mass is 35.5. The molecule has 1 aromatic carbocycles. The highest BCUT2D eigenvalue weighted by molar-refractivity contribution is 7.98. The van der Waals surface area contributed by atoms with Crippen molar-refractivity contribution in [2.24, 2.45) is 5.92 Å². The lowest BCUT2D eigenvalue weighted by Crippen LogP contribution is -2.53. The van der Waals surface area contributed by atoms with Crippen LogP contribution < -0.4 is 15.4 Å². The number of fused-ring (bicyclic) bond motifs is 3. The first-order valence-corrected chi connectivity index (χ1v) is 18.1. The molecule has 5 atom stereocenters. The van der Waals surface area contributed by atoms with Crippen LogP contribution in [0.15, 0.2) is 41.4 Å². The second kappa shape index (κ2) is 14.3. The SMILES string of the molecule is CSc1cc(O[C@@H]2C[C@H]3C(=O)N[C@]4(C(=O)O)C[C@@H]4/C=C\CCCC[C@H](NC(=O)OC4CCCC4)CC(=O)N3C2)c2cccc(Cl)c2n1. The maximum atomic E-state index is 14.0. The van der Waals surface area contributed by atoms with Crippen LogP contribution in [-0.4, -0.2) is 81.5 Å². The number of hydrogen-bond donors (Lipinski definition) is 3. The number of carboxylic acid groups (broad SMARTS) is 1. The second-order valence-electron chi connectivity index (χ2n) is 13.0. The van der Waals surface area contributed by atoms with Crippen LogP contribution in [0.4, 0.5) is 4.79 Å². The number of carboxylic acids is 1. The smallest absolute Gasteiger partial charge is 0.407 e. The van der Waals surface area contributed by atoms with Crippen LogP contribution in [-0.2, 0) is 19.1 Å². The molecular weight excluding hydrogens is 644 g/mol. The Morgan fingerprint density at radius 1 is 1.15 bits per heavy atom. The molecule has 2 aromatic rings. The monoisotopic (exact) mass is 684 g/mol. The summed E-state index contributed by atoms with van der Waals surface area (Å²) in [6, 6.07) is 5.80. The molecule has 2 aliphatic heterocycles. The van der Waals surface area contributed by atoms with Crippen LogP contribution >= 0.6 is 23.4 Å². The first kappa shape index (κ1) is 33.4. The number of carbonyl (C=O) groups is 4. The number of thioether (sulfide) groups is 1. The summed E-state index contributed by atoms with van der Waals surface area (Å²) < 4.78 is 12.1. The zero-order valence-electron chi connectivity index (χ0n) is 26.4. The molecule has 0 radical (unpaired) electrons. The number of allylic oxidation sites excluding steroid dienone is 1. The molecule has 3 N–H and O–H groups in total. The third-order valence-corrected chi connectivity index (χ3v) is 10.7.